The lowest BCUT2D eigenvalue weighted by Gasteiger charge is -2.18. The summed E-state index contributed by atoms with van der Waals surface area (Å²) < 4.78 is 16.6. The van der Waals surface area contributed by atoms with Gasteiger partial charge in [0.1, 0.15) is 13.2 Å². The van der Waals surface area contributed by atoms with Gasteiger partial charge < -0.3 is 14.2 Å². The summed E-state index contributed by atoms with van der Waals surface area (Å²) in [6.45, 7) is 6.30. The predicted molar refractivity (Wildman–Crippen MR) is 237 cm³/mol. The highest BCUT2D eigenvalue weighted by Gasteiger charge is 2.19. The van der Waals surface area contributed by atoms with E-state index in [1.807, 2.05) is 0 Å². The minimum absolute atomic E-state index is 0.0973. The first kappa shape index (κ1) is 52.6. The number of unbranched alkanes of at least 4 members (excludes halogenated alkanes) is 14. The zero-order chi connectivity index (χ0) is 40.8. The van der Waals surface area contributed by atoms with E-state index in [9.17, 15) is 14.4 Å². The van der Waals surface area contributed by atoms with Crippen LogP contribution in [0.1, 0.15) is 194 Å². The summed E-state index contributed by atoms with van der Waals surface area (Å²) in [6, 6.07) is 0. The number of ether oxygens (including phenoxy) is 3. The highest BCUT2D eigenvalue weighted by atomic mass is 16.6. The number of carbonyl (C=O) groups excluding carboxylic acids is 3. The lowest BCUT2D eigenvalue weighted by molar-refractivity contribution is -0.167. The van der Waals surface area contributed by atoms with Crippen LogP contribution in [0.15, 0.2) is 85.1 Å². The minimum atomic E-state index is -0.798. The van der Waals surface area contributed by atoms with Crippen LogP contribution in [0.5, 0.6) is 0 Å². The van der Waals surface area contributed by atoms with Gasteiger partial charge in [0, 0.05) is 19.3 Å². The Labute approximate surface area is 344 Å². The highest BCUT2D eigenvalue weighted by molar-refractivity contribution is 5.71. The van der Waals surface area contributed by atoms with Gasteiger partial charge in [0.2, 0.25) is 0 Å². The van der Waals surface area contributed by atoms with E-state index in [0.29, 0.717) is 19.3 Å². The molecule has 6 nitrogen and oxygen atoms in total. The van der Waals surface area contributed by atoms with Crippen LogP contribution in [0.25, 0.3) is 0 Å². The number of hydrogen-bond donors (Lipinski definition) is 0. The molecule has 0 heterocycles. The Hall–Kier alpha value is -3.41. The fourth-order valence-electron chi connectivity index (χ4n) is 5.80. The van der Waals surface area contributed by atoms with E-state index in [1.54, 1.807) is 0 Å². The summed E-state index contributed by atoms with van der Waals surface area (Å²) in [5.41, 5.74) is 0. The molecule has 0 amide bonds. The van der Waals surface area contributed by atoms with Crippen LogP contribution >= 0.6 is 0 Å². The summed E-state index contributed by atoms with van der Waals surface area (Å²) in [4.78, 5) is 37.7. The molecule has 0 rings (SSSR count). The molecule has 1 atom stereocenters. The van der Waals surface area contributed by atoms with Crippen LogP contribution in [0.3, 0.4) is 0 Å². The van der Waals surface area contributed by atoms with Gasteiger partial charge in [-0.25, -0.2) is 0 Å². The molecule has 1 unspecified atom stereocenters. The van der Waals surface area contributed by atoms with Gasteiger partial charge in [-0.1, -0.05) is 170 Å². The first-order chi connectivity index (χ1) is 27.5. The molecule has 318 valence electrons. The minimum Gasteiger partial charge on any atom is -0.462 e. The molecule has 56 heavy (non-hydrogen) atoms. The SMILES string of the molecule is CC/C=C\C/C=C\C/C=C\C/C=C\CCCCC(=O)OCC(COC(=O)CCCCCCCCCC)OC(=O)CCCCCCC/C=C\C/C=C\C/C=C\CC. The van der Waals surface area contributed by atoms with E-state index in [4.69, 9.17) is 14.2 Å². The summed E-state index contributed by atoms with van der Waals surface area (Å²) in [7, 11) is 0. The Morgan fingerprint density at radius 2 is 0.696 bits per heavy atom. The Morgan fingerprint density at radius 3 is 1.12 bits per heavy atom. The van der Waals surface area contributed by atoms with Crippen LogP contribution in [-0.4, -0.2) is 37.2 Å². The molecule has 0 saturated heterocycles. The highest BCUT2D eigenvalue weighted by Crippen LogP contribution is 2.12. The smallest absolute Gasteiger partial charge is 0.306 e. The Balaban J connectivity index is 4.46. The molecule has 0 spiro atoms. The Bertz CT molecular complexity index is 1120. The van der Waals surface area contributed by atoms with Crippen LogP contribution < -0.4 is 0 Å². The topological polar surface area (TPSA) is 78.9 Å². The van der Waals surface area contributed by atoms with Gasteiger partial charge in [-0.15, -0.1) is 0 Å². The maximum Gasteiger partial charge on any atom is 0.306 e. The molecule has 0 aliphatic heterocycles. The first-order valence-corrected chi connectivity index (χ1v) is 22.6. The fraction of sp³-hybridized carbons (Fsp3) is 0.660. The quantitative estimate of drug-likeness (QED) is 0.0268. The second kappa shape index (κ2) is 44.3. The summed E-state index contributed by atoms with van der Waals surface area (Å²) in [5, 5.41) is 0. The second-order valence-corrected chi connectivity index (χ2v) is 14.5. The maximum atomic E-state index is 12.7. The van der Waals surface area contributed by atoms with E-state index in [2.05, 4.69) is 106 Å². The van der Waals surface area contributed by atoms with Crippen molar-refractivity contribution < 1.29 is 28.6 Å². The lowest BCUT2D eigenvalue weighted by atomic mass is 10.1. The largest absolute Gasteiger partial charge is 0.462 e. The molecule has 0 aromatic rings. The molecule has 0 saturated carbocycles. The lowest BCUT2D eigenvalue weighted by Crippen LogP contribution is -2.30. The second-order valence-electron chi connectivity index (χ2n) is 14.5. The van der Waals surface area contributed by atoms with Crippen molar-refractivity contribution >= 4 is 17.9 Å². The number of carbonyl (C=O) groups is 3. The van der Waals surface area contributed by atoms with Crippen molar-refractivity contribution in [1.82, 2.24) is 0 Å². The molecule has 0 N–H and O–H groups in total. The van der Waals surface area contributed by atoms with Crippen LogP contribution in [0.2, 0.25) is 0 Å². The van der Waals surface area contributed by atoms with Crippen molar-refractivity contribution in [3.63, 3.8) is 0 Å². The van der Waals surface area contributed by atoms with Gasteiger partial charge in [0.05, 0.1) is 0 Å². The molecule has 0 aliphatic carbocycles. The summed E-state index contributed by atoms with van der Waals surface area (Å²) >= 11 is 0. The standard InChI is InChI=1S/C50H82O6/c1-4-7-10-13-16-19-21-23-25-27-29-31-34-37-40-43-49(52)55-46-47(45-54-48(51)42-39-36-33-18-15-12-9-6-3)56-50(53)44-41-38-35-32-30-28-26-24-22-20-17-14-11-8-5-2/h7-8,10-11,16-17,19-20,23-26,29,31,47H,4-6,9,12-15,18,21-22,27-28,30,32-46H2,1-3H3/b10-7-,11-8-,19-16-,20-17-,25-23-,26-24-,31-29-. The van der Waals surface area contributed by atoms with E-state index in [1.165, 1.54) is 32.1 Å². The first-order valence-electron chi connectivity index (χ1n) is 22.6. The van der Waals surface area contributed by atoms with Gasteiger partial charge in [-0.05, 0) is 89.9 Å². The number of allylic oxidation sites excluding steroid dienone is 14. The van der Waals surface area contributed by atoms with Crippen molar-refractivity contribution in [1.29, 1.82) is 0 Å². The van der Waals surface area contributed by atoms with E-state index >= 15 is 0 Å². The van der Waals surface area contributed by atoms with Gasteiger partial charge in [-0.3, -0.25) is 14.4 Å². The van der Waals surface area contributed by atoms with E-state index in [-0.39, 0.29) is 31.1 Å². The molecule has 0 radical (unpaired) electrons. The van der Waals surface area contributed by atoms with Crippen LogP contribution in [0.4, 0.5) is 0 Å². The van der Waals surface area contributed by atoms with Crippen LogP contribution in [-0.2, 0) is 28.6 Å². The Kier molecular flexibility index (Phi) is 41.6. The van der Waals surface area contributed by atoms with Crippen molar-refractivity contribution in [2.24, 2.45) is 0 Å². The maximum absolute atomic E-state index is 12.7. The molecule has 0 aliphatic rings. The molecular weight excluding hydrogens is 697 g/mol. The van der Waals surface area contributed by atoms with Crippen molar-refractivity contribution in [3.05, 3.63) is 85.1 Å². The van der Waals surface area contributed by atoms with E-state index in [0.717, 1.165) is 122 Å². The van der Waals surface area contributed by atoms with Gasteiger partial charge in [0.25, 0.3) is 0 Å². The van der Waals surface area contributed by atoms with Gasteiger partial charge in [0.15, 0.2) is 6.10 Å². The van der Waals surface area contributed by atoms with E-state index < -0.39 is 6.10 Å². The average molecular weight is 779 g/mol. The summed E-state index contributed by atoms with van der Waals surface area (Å²) in [5.74, 6) is -0.970. The third kappa shape index (κ3) is 41.7. The molecule has 0 aromatic carbocycles. The average Bonchev–Trinajstić information content (AvgIpc) is 3.19. The zero-order valence-electron chi connectivity index (χ0n) is 36.1. The number of rotatable bonds is 39. The van der Waals surface area contributed by atoms with Gasteiger partial charge in [-0.2, -0.15) is 0 Å². The zero-order valence-corrected chi connectivity index (χ0v) is 36.1. The molecule has 0 fully saturated rings. The normalized spacial score (nSPS) is 12.8. The van der Waals surface area contributed by atoms with Crippen molar-refractivity contribution in [3.8, 4) is 0 Å². The fourth-order valence-corrected chi connectivity index (χ4v) is 5.80. The molecule has 0 bridgehead atoms. The monoisotopic (exact) mass is 779 g/mol. The molecular formula is C50H82O6. The third-order valence-electron chi connectivity index (χ3n) is 9.15. The van der Waals surface area contributed by atoms with Crippen LogP contribution in [0, 0.1) is 0 Å². The third-order valence-corrected chi connectivity index (χ3v) is 9.15. The number of esters is 3. The number of hydrogen-bond acceptors (Lipinski definition) is 6. The van der Waals surface area contributed by atoms with Crippen molar-refractivity contribution in [2.45, 2.75) is 200 Å². The van der Waals surface area contributed by atoms with Crippen molar-refractivity contribution in [2.75, 3.05) is 13.2 Å². The summed E-state index contributed by atoms with van der Waals surface area (Å²) in [6.07, 6.45) is 55.7. The van der Waals surface area contributed by atoms with Gasteiger partial charge >= 0.3 is 17.9 Å². The molecule has 0 aromatic heterocycles. The Morgan fingerprint density at radius 1 is 0.375 bits per heavy atom. The predicted octanol–water partition coefficient (Wildman–Crippen LogP) is 14.5. The molecule has 6 heteroatoms.